The van der Waals surface area contributed by atoms with Gasteiger partial charge in [0.15, 0.2) is 0 Å². The summed E-state index contributed by atoms with van der Waals surface area (Å²) in [6.45, 7) is 3.94. The molecule has 1 aromatic heterocycles. The van der Waals surface area contributed by atoms with E-state index >= 15 is 0 Å². The summed E-state index contributed by atoms with van der Waals surface area (Å²) in [5.74, 6) is 2.23. The largest absolute Gasteiger partial charge is 0.388 e. The Morgan fingerprint density at radius 3 is 3.15 bits per heavy atom. The van der Waals surface area contributed by atoms with Gasteiger partial charge in [-0.05, 0) is 54.7 Å². The van der Waals surface area contributed by atoms with Gasteiger partial charge >= 0.3 is 0 Å². The van der Waals surface area contributed by atoms with Gasteiger partial charge in [-0.2, -0.15) is 11.8 Å². The summed E-state index contributed by atoms with van der Waals surface area (Å²) in [7, 11) is 0. The second-order valence-electron chi connectivity index (χ2n) is 6.53. The van der Waals surface area contributed by atoms with Crippen LogP contribution >= 0.6 is 11.8 Å². The van der Waals surface area contributed by atoms with Crippen molar-refractivity contribution in [2.45, 2.75) is 36.5 Å². The molecule has 0 spiro atoms. The molecule has 2 fully saturated rings. The van der Waals surface area contributed by atoms with Crippen LogP contribution in [0.3, 0.4) is 0 Å². The van der Waals surface area contributed by atoms with Crippen LogP contribution in [0.4, 0.5) is 0 Å². The van der Waals surface area contributed by atoms with Crippen molar-refractivity contribution in [1.82, 2.24) is 4.98 Å². The number of pyridine rings is 1. The molecule has 0 unspecified atom stereocenters. The van der Waals surface area contributed by atoms with Gasteiger partial charge in [-0.25, -0.2) is 0 Å². The van der Waals surface area contributed by atoms with Crippen molar-refractivity contribution >= 4 is 11.8 Å². The topological polar surface area (TPSA) is 33.1 Å². The molecule has 2 heterocycles. The number of aromatic nitrogens is 1. The fourth-order valence-electron chi connectivity index (χ4n) is 4.73. The highest BCUT2D eigenvalue weighted by Crippen LogP contribution is 2.60. The van der Waals surface area contributed by atoms with Crippen molar-refractivity contribution in [3.8, 4) is 0 Å². The third-order valence-electron chi connectivity index (χ3n) is 5.75. The van der Waals surface area contributed by atoms with E-state index in [1.54, 1.807) is 0 Å². The number of hydrogen-bond acceptors (Lipinski definition) is 3. The van der Waals surface area contributed by atoms with Crippen molar-refractivity contribution in [1.29, 1.82) is 0 Å². The van der Waals surface area contributed by atoms with Crippen LogP contribution in [-0.4, -0.2) is 21.4 Å². The molecule has 1 saturated carbocycles. The Bertz CT molecular complexity index is 546. The third-order valence-corrected chi connectivity index (χ3v) is 7.34. The predicted molar refractivity (Wildman–Crippen MR) is 82.6 cm³/mol. The molecule has 2 aliphatic carbocycles. The van der Waals surface area contributed by atoms with Crippen LogP contribution in [0.5, 0.6) is 0 Å². The van der Waals surface area contributed by atoms with E-state index in [1.165, 1.54) is 17.5 Å². The second kappa shape index (κ2) is 4.60. The molecular formula is C17H21NOS. The van der Waals surface area contributed by atoms with E-state index in [0.717, 1.165) is 25.0 Å². The molecule has 1 aromatic rings. The lowest BCUT2D eigenvalue weighted by Crippen LogP contribution is -2.50. The maximum absolute atomic E-state index is 11.2. The lowest BCUT2D eigenvalue weighted by Gasteiger charge is -2.48. The summed E-state index contributed by atoms with van der Waals surface area (Å²) in [6, 6.07) is 2.20. The molecule has 0 amide bonds. The summed E-state index contributed by atoms with van der Waals surface area (Å²) in [6.07, 6.45) is 10.5. The summed E-state index contributed by atoms with van der Waals surface area (Å²) < 4.78 is 0. The van der Waals surface area contributed by atoms with Gasteiger partial charge in [0.05, 0.1) is 5.60 Å². The van der Waals surface area contributed by atoms with E-state index in [9.17, 15) is 5.11 Å². The monoisotopic (exact) mass is 287 g/mol. The Kier molecular flexibility index (Phi) is 2.97. The normalized spacial score (nSPS) is 42.5. The Balaban J connectivity index is 1.70. The Hall–Kier alpha value is -0.800. The second-order valence-corrected chi connectivity index (χ2v) is 7.66. The molecule has 3 aliphatic rings. The van der Waals surface area contributed by atoms with Crippen molar-refractivity contribution in [3.05, 3.63) is 42.2 Å². The van der Waals surface area contributed by atoms with Crippen LogP contribution in [0.2, 0.25) is 0 Å². The highest BCUT2D eigenvalue weighted by Gasteiger charge is 2.56. The molecule has 3 heteroatoms. The quantitative estimate of drug-likeness (QED) is 0.804. The third kappa shape index (κ3) is 1.66. The number of nitrogens with zero attached hydrogens (tertiary/aromatic N) is 1. The van der Waals surface area contributed by atoms with Gasteiger partial charge in [0.1, 0.15) is 0 Å². The first kappa shape index (κ1) is 12.9. The Labute approximate surface area is 124 Å². The SMILES string of the molecule is C=C[C@@H]1CC[C@H]2[C@@H]3CCc4cnccc4[C@H]3SC[C@]12O. The Morgan fingerprint density at radius 2 is 2.30 bits per heavy atom. The van der Waals surface area contributed by atoms with Gasteiger partial charge in [-0.15, -0.1) is 6.58 Å². The number of aliphatic hydroxyl groups is 1. The van der Waals surface area contributed by atoms with Crippen molar-refractivity contribution in [2.75, 3.05) is 5.75 Å². The summed E-state index contributed by atoms with van der Waals surface area (Å²) in [4.78, 5) is 4.27. The average molecular weight is 287 g/mol. The van der Waals surface area contributed by atoms with Crippen LogP contribution < -0.4 is 0 Å². The average Bonchev–Trinajstić information content (AvgIpc) is 2.83. The molecule has 0 aromatic carbocycles. The van der Waals surface area contributed by atoms with E-state index in [-0.39, 0.29) is 0 Å². The van der Waals surface area contributed by atoms with Crippen LogP contribution in [0.15, 0.2) is 31.1 Å². The molecular weight excluding hydrogens is 266 g/mol. The highest BCUT2D eigenvalue weighted by atomic mass is 32.2. The molecule has 4 rings (SSSR count). The first-order valence-corrected chi connectivity index (χ1v) is 8.68. The smallest absolute Gasteiger partial charge is 0.0831 e. The number of rotatable bonds is 1. The minimum absolute atomic E-state index is 0.291. The van der Waals surface area contributed by atoms with Gasteiger partial charge in [0, 0.05) is 29.3 Å². The van der Waals surface area contributed by atoms with E-state index < -0.39 is 5.60 Å². The molecule has 2 nitrogen and oxygen atoms in total. The maximum Gasteiger partial charge on any atom is 0.0831 e. The number of fused-ring (bicyclic) bond motifs is 5. The van der Waals surface area contributed by atoms with E-state index in [1.807, 2.05) is 30.2 Å². The lowest BCUT2D eigenvalue weighted by atomic mass is 9.70. The molecule has 0 radical (unpaired) electrons. The van der Waals surface area contributed by atoms with Crippen LogP contribution in [0.1, 0.15) is 35.6 Å². The molecule has 1 aliphatic heterocycles. The summed E-state index contributed by atoms with van der Waals surface area (Å²) in [5.41, 5.74) is 2.40. The molecule has 0 bridgehead atoms. The zero-order valence-corrected chi connectivity index (χ0v) is 12.5. The molecule has 5 atom stereocenters. The minimum Gasteiger partial charge on any atom is -0.388 e. The van der Waals surface area contributed by atoms with E-state index in [0.29, 0.717) is 23.0 Å². The zero-order chi connectivity index (χ0) is 13.7. The maximum atomic E-state index is 11.2. The van der Waals surface area contributed by atoms with Gasteiger partial charge in [-0.3, -0.25) is 4.98 Å². The predicted octanol–water partition coefficient (Wildman–Crippen LogP) is 3.38. The standard InChI is InChI=1S/C17H21NOS/c1-2-12-4-6-15-14-5-3-11-9-18-8-7-13(11)16(14)20-10-17(12,15)19/h2,7-9,12,14-16,19H,1,3-6,10H2/t12-,14+,15+,16-,17+/m1/s1. The van der Waals surface area contributed by atoms with Gasteiger partial charge in [0.2, 0.25) is 0 Å². The highest BCUT2D eigenvalue weighted by molar-refractivity contribution is 7.99. The summed E-state index contributed by atoms with van der Waals surface area (Å²) >= 11 is 1.96. The summed E-state index contributed by atoms with van der Waals surface area (Å²) in [5, 5.41) is 11.7. The van der Waals surface area contributed by atoms with Gasteiger partial charge < -0.3 is 5.11 Å². The molecule has 1 saturated heterocycles. The molecule has 106 valence electrons. The number of hydrogen-bond donors (Lipinski definition) is 1. The van der Waals surface area contributed by atoms with Crippen molar-refractivity contribution in [3.63, 3.8) is 0 Å². The first-order valence-electron chi connectivity index (χ1n) is 7.63. The van der Waals surface area contributed by atoms with Crippen LogP contribution in [-0.2, 0) is 6.42 Å². The Morgan fingerprint density at radius 1 is 1.40 bits per heavy atom. The zero-order valence-electron chi connectivity index (χ0n) is 11.7. The molecule has 1 N–H and O–H groups in total. The minimum atomic E-state index is -0.502. The van der Waals surface area contributed by atoms with Crippen LogP contribution in [0.25, 0.3) is 0 Å². The number of thioether (sulfide) groups is 1. The fraction of sp³-hybridized carbons (Fsp3) is 0.588. The van der Waals surface area contributed by atoms with Gasteiger partial charge in [-0.1, -0.05) is 6.08 Å². The molecule has 20 heavy (non-hydrogen) atoms. The number of aryl methyl sites for hydroxylation is 1. The van der Waals surface area contributed by atoms with E-state index in [4.69, 9.17) is 0 Å². The van der Waals surface area contributed by atoms with Crippen LogP contribution in [0, 0.1) is 17.8 Å². The van der Waals surface area contributed by atoms with E-state index in [2.05, 4.69) is 17.6 Å². The lowest BCUT2D eigenvalue weighted by molar-refractivity contribution is -0.0301. The van der Waals surface area contributed by atoms with Crippen molar-refractivity contribution < 1.29 is 5.11 Å². The van der Waals surface area contributed by atoms with Gasteiger partial charge in [0.25, 0.3) is 0 Å². The first-order chi connectivity index (χ1) is 9.74. The van der Waals surface area contributed by atoms with Crippen molar-refractivity contribution in [2.24, 2.45) is 17.8 Å². The fourth-order valence-corrected chi connectivity index (χ4v) is 6.59.